The molecular weight excluding hydrogens is 582 g/mol. The Balaban J connectivity index is 1.06. The van der Waals surface area contributed by atoms with Gasteiger partial charge in [-0.3, -0.25) is 49.1 Å². The molecule has 1 saturated heterocycles. The maximum atomic E-state index is 13.2. The van der Waals surface area contributed by atoms with Crippen LogP contribution in [0.1, 0.15) is 44.0 Å². The molecule has 0 radical (unpaired) electrons. The molecule has 0 aliphatic carbocycles. The highest BCUT2D eigenvalue weighted by Crippen LogP contribution is 2.33. The predicted octanol–water partition coefficient (Wildman–Crippen LogP) is -1.07. The topological polar surface area (TPSA) is 231 Å². The number of hydrogen-bond acceptors (Lipinski definition) is 13. The molecule has 44 heavy (non-hydrogen) atoms. The first-order valence-electron chi connectivity index (χ1n) is 13.9. The lowest BCUT2D eigenvalue weighted by atomic mass is 10.0. The van der Waals surface area contributed by atoms with Crippen molar-refractivity contribution in [2.75, 3.05) is 70.2 Å². The molecule has 1 fully saturated rings. The van der Waals surface area contributed by atoms with Crippen LogP contribution in [0.25, 0.3) is 0 Å². The molecule has 1 unspecified atom stereocenters. The van der Waals surface area contributed by atoms with Gasteiger partial charge < -0.3 is 30.4 Å². The van der Waals surface area contributed by atoms with Crippen LogP contribution in [0, 0.1) is 0 Å². The van der Waals surface area contributed by atoms with Crippen molar-refractivity contribution in [1.82, 2.24) is 20.0 Å². The minimum absolute atomic E-state index is 0.00290. The summed E-state index contributed by atoms with van der Waals surface area (Å²) < 4.78 is 23.2. The van der Waals surface area contributed by atoms with E-state index in [1.165, 1.54) is 29.1 Å². The Morgan fingerprint density at radius 3 is 2.25 bits per heavy atom. The van der Waals surface area contributed by atoms with Crippen LogP contribution in [-0.4, -0.2) is 115 Å². The molecule has 1 atom stereocenters. The zero-order valence-electron chi connectivity index (χ0n) is 23.9. The number of carbonyl (C=O) groups excluding carboxylic acids is 5. The van der Waals surface area contributed by atoms with E-state index in [9.17, 15) is 29.2 Å². The van der Waals surface area contributed by atoms with Gasteiger partial charge in [0.1, 0.15) is 11.7 Å². The molecule has 2 aromatic rings. The monoisotopic (exact) mass is 617 g/mol. The van der Waals surface area contributed by atoms with Crippen LogP contribution in [0.5, 0.6) is 0 Å². The predicted molar refractivity (Wildman–Crippen MR) is 151 cm³/mol. The van der Waals surface area contributed by atoms with E-state index in [2.05, 4.69) is 10.4 Å². The zero-order chi connectivity index (χ0) is 31.6. The zero-order valence-corrected chi connectivity index (χ0v) is 23.9. The lowest BCUT2D eigenvalue weighted by molar-refractivity contribution is -0.136. The van der Waals surface area contributed by atoms with E-state index in [0.29, 0.717) is 39.6 Å². The Hall–Kier alpha value is -4.42. The maximum absolute atomic E-state index is 13.2. The quantitative estimate of drug-likeness (QED) is 0.0888. The van der Waals surface area contributed by atoms with Gasteiger partial charge >= 0.3 is 0 Å². The molecule has 0 saturated carbocycles. The number of carbonyl (C=O) groups is 5. The van der Waals surface area contributed by atoms with Gasteiger partial charge in [0.2, 0.25) is 11.8 Å². The lowest BCUT2D eigenvalue weighted by Gasteiger charge is -2.28. The Morgan fingerprint density at radius 1 is 0.977 bits per heavy atom. The van der Waals surface area contributed by atoms with Crippen molar-refractivity contribution in [2.24, 2.45) is 5.73 Å². The van der Waals surface area contributed by atoms with Gasteiger partial charge in [0, 0.05) is 6.42 Å². The van der Waals surface area contributed by atoms with Crippen LogP contribution in [0.3, 0.4) is 0 Å². The number of fused-ring (bicyclic) bond motifs is 1. The van der Waals surface area contributed by atoms with E-state index in [1.54, 1.807) is 0 Å². The van der Waals surface area contributed by atoms with Crippen molar-refractivity contribution in [2.45, 2.75) is 25.4 Å². The fourth-order valence-corrected chi connectivity index (χ4v) is 4.74. The smallest absolute Gasteiger partial charge is 0.269 e. The first-order chi connectivity index (χ1) is 21.2. The Kier molecular flexibility index (Phi) is 11.3. The fraction of sp³-hybridized carbons (Fsp3) is 0.481. The number of anilines is 2. The number of hydroxylamine groups is 1. The van der Waals surface area contributed by atoms with Gasteiger partial charge in [-0.05, 0) is 18.6 Å². The number of piperidine rings is 1. The summed E-state index contributed by atoms with van der Waals surface area (Å²) in [4.78, 5) is 62.1. The van der Waals surface area contributed by atoms with E-state index in [4.69, 9.17) is 30.4 Å². The van der Waals surface area contributed by atoms with Gasteiger partial charge in [0.05, 0.1) is 94.6 Å². The Bertz CT molecular complexity index is 1380. The molecule has 1 aromatic carbocycles. The molecule has 2 aliphatic heterocycles. The molecule has 4 rings (SSSR count). The van der Waals surface area contributed by atoms with Crippen molar-refractivity contribution < 1.29 is 48.1 Å². The summed E-state index contributed by atoms with van der Waals surface area (Å²) in [5.41, 5.74) is 11.5. The van der Waals surface area contributed by atoms with Gasteiger partial charge in [0.15, 0.2) is 0 Å². The van der Waals surface area contributed by atoms with E-state index >= 15 is 0 Å². The van der Waals surface area contributed by atoms with Crippen LogP contribution >= 0.6 is 0 Å². The molecular formula is C27H35N7O10. The molecule has 5 amide bonds. The number of nitrogens with zero attached hydrogens (tertiary/aromatic N) is 4. The minimum Gasteiger partial charge on any atom is -0.396 e. The third kappa shape index (κ3) is 7.74. The van der Waals surface area contributed by atoms with Crippen LogP contribution in [0.2, 0.25) is 0 Å². The minimum atomic E-state index is -1.10. The van der Waals surface area contributed by atoms with Crippen molar-refractivity contribution in [3.8, 4) is 0 Å². The number of nitrogens with one attached hydrogen (secondary N) is 1. The molecule has 2 aliphatic rings. The van der Waals surface area contributed by atoms with Crippen molar-refractivity contribution in [3.05, 3.63) is 41.2 Å². The number of nitrogen functional groups attached to an aromatic ring is 1. The van der Waals surface area contributed by atoms with Crippen molar-refractivity contribution >= 4 is 40.9 Å². The molecule has 17 heteroatoms. The van der Waals surface area contributed by atoms with Gasteiger partial charge in [-0.1, -0.05) is 6.07 Å². The highest BCUT2D eigenvalue weighted by atomic mass is 16.6. The molecule has 3 heterocycles. The van der Waals surface area contributed by atoms with Crippen LogP contribution < -0.4 is 21.8 Å². The van der Waals surface area contributed by atoms with Gasteiger partial charge in [-0.15, -0.1) is 0 Å². The lowest BCUT2D eigenvalue weighted by Crippen LogP contribution is -2.54. The van der Waals surface area contributed by atoms with Gasteiger partial charge in [-0.25, -0.2) is 0 Å². The fourth-order valence-electron chi connectivity index (χ4n) is 4.74. The first kappa shape index (κ1) is 32.5. The van der Waals surface area contributed by atoms with Crippen LogP contribution in [0.4, 0.5) is 11.4 Å². The molecule has 0 bridgehead atoms. The number of amides is 5. The molecule has 6 N–H and O–H groups in total. The second kappa shape index (κ2) is 15.3. The molecule has 1 aromatic heterocycles. The summed E-state index contributed by atoms with van der Waals surface area (Å²) in [5.74, 6) is -3.19. The van der Waals surface area contributed by atoms with E-state index in [-0.39, 0.29) is 67.4 Å². The Morgan fingerprint density at radius 2 is 1.61 bits per heavy atom. The average Bonchev–Trinajstić information content (AvgIpc) is 3.49. The standard InChI is InChI=1S/C27H35N7O10/c28-18-16-30-32(23(18)24(29)36)6-8-41-10-12-43-14-15-44-13-11-42-9-7-33(40)19-3-1-2-17-22(19)27(39)34(26(17)38)20-4-5-21(35)31-25(20)37/h1-3,16,20,40H,4-15,28H2,(H2,29,36)(H,31,35,37). The largest absolute Gasteiger partial charge is 0.396 e. The highest BCUT2D eigenvalue weighted by Gasteiger charge is 2.46. The first-order valence-corrected chi connectivity index (χ1v) is 13.9. The van der Waals surface area contributed by atoms with E-state index < -0.39 is 35.6 Å². The Labute approximate surface area is 251 Å². The maximum Gasteiger partial charge on any atom is 0.269 e. The average molecular weight is 618 g/mol. The van der Waals surface area contributed by atoms with E-state index in [0.717, 1.165) is 9.96 Å². The number of nitrogens with two attached hydrogens (primary N) is 2. The summed E-state index contributed by atoms with van der Waals surface area (Å²) in [6.45, 7) is 2.61. The van der Waals surface area contributed by atoms with Crippen LogP contribution in [0.15, 0.2) is 24.4 Å². The SMILES string of the molecule is NC(=O)c1c(N)cnn1CCOCCOCCOCCOCCN(O)c1cccc2c1C(=O)N(C1CCC(=O)NC1=O)C2=O. The van der Waals surface area contributed by atoms with Crippen LogP contribution in [-0.2, 0) is 35.1 Å². The number of rotatable bonds is 18. The number of aromatic nitrogens is 2. The number of ether oxygens (including phenoxy) is 4. The third-order valence-electron chi connectivity index (χ3n) is 6.84. The molecule has 17 nitrogen and oxygen atoms in total. The summed E-state index contributed by atoms with van der Waals surface area (Å²) in [7, 11) is 0. The second-order valence-corrected chi connectivity index (χ2v) is 9.76. The number of hydrogen-bond donors (Lipinski definition) is 4. The summed E-state index contributed by atoms with van der Waals surface area (Å²) in [6.07, 6.45) is 1.41. The number of imide groups is 2. The molecule has 238 valence electrons. The third-order valence-corrected chi connectivity index (χ3v) is 6.84. The second-order valence-electron chi connectivity index (χ2n) is 9.76. The summed E-state index contributed by atoms with van der Waals surface area (Å²) >= 11 is 0. The van der Waals surface area contributed by atoms with E-state index in [1.807, 2.05) is 0 Å². The van der Waals surface area contributed by atoms with Gasteiger partial charge in [-0.2, -0.15) is 5.10 Å². The summed E-state index contributed by atoms with van der Waals surface area (Å²) in [5, 5.41) is 17.6. The molecule has 0 spiro atoms. The normalized spacial score (nSPS) is 16.4. The number of primary amides is 1. The summed E-state index contributed by atoms with van der Waals surface area (Å²) in [6, 6.07) is 3.37. The van der Waals surface area contributed by atoms with Crippen molar-refractivity contribution in [3.63, 3.8) is 0 Å². The van der Waals surface area contributed by atoms with Gasteiger partial charge in [0.25, 0.3) is 17.7 Å². The van der Waals surface area contributed by atoms with Crippen molar-refractivity contribution in [1.29, 1.82) is 0 Å². The highest BCUT2D eigenvalue weighted by molar-refractivity contribution is 6.25. The number of benzene rings is 1.